The molecular weight excluding hydrogens is 261 g/mol. The Bertz CT molecular complexity index is 596. The van der Waals surface area contributed by atoms with Crippen LogP contribution in [0.1, 0.15) is 30.1 Å². The molecule has 0 amide bonds. The lowest BCUT2D eigenvalue weighted by atomic mass is 10.2. The van der Waals surface area contributed by atoms with Gasteiger partial charge in [0.15, 0.2) is 12.4 Å². The first kappa shape index (κ1) is 13.1. The molecule has 1 fully saturated rings. The van der Waals surface area contributed by atoms with E-state index in [4.69, 9.17) is 9.26 Å². The maximum Gasteiger partial charge on any atom is 0.264 e. The molecule has 0 bridgehead atoms. The number of rotatable bonds is 6. The molecule has 1 N–H and O–H groups in total. The number of ether oxygens (including phenoxy) is 1. The quantitative estimate of drug-likeness (QED) is 0.878. The van der Waals surface area contributed by atoms with Gasteiger partial charge in [0.1, 0.15) is 11.6 Å². The molecule has 6 heteroatoms. The molecule has 0 spiro atoms. The summed E-state index contributed by atoms with van der Waals surface area (Å²) in [6.45, 7) is 2.52. The van der Waals surface area contributed by atoms with E-state index in [-0.39, 0.29) is 12.4 Å². The smallest absolute Gasteiger partial charge is 0.264 e. The fourth-order valence-electron chi connectivity index (χ4n) is 1.90. The zero-order chi connectivity index (χ0) is 13.9. The van der Waals surface area contributed by atoms with E-state index in [0.717, 1.165) is 5.56 Å². The third kappa shape index (κ3) is 3.54. The van der Waals surface area contributed by atoms with Crippen LogP contribution in [0.25, 0.3) is 0 Å². The Morgan fingerprint density at radius 1 is 1.40 bits per heavy atom. The van der Waals surface area contributed by atoms with E-state index in [1.807, 2.05) is 6.07 Å². The average Bonchev–Trinajstić information content (AvgIpc) is 3.15. The number of hydrogen-bond donors (Lipinski definition) is 1. The Hall–Kier alpha value is -1.95. The molecule has 2 aromatic rings. The Morgan fingerprint density at radius 2 is 2.25 bits per heavy atom. The van der Waals surface area contributed by atoms with Crippen molar-refractivity contribution in [3.63, 3.8) is 0 Å². The summed E-state index contributed by atoms with van der Waals surface area (Å²) in [6.07, 6.45) is 2.41. The minimum absolute atomic E-state index is 0.139. The van der Waals surface area contributed by atoms with Crippen LogP contribution in [0.2, 0.25) is 0 Å². The molecule has 106 valence electrons. The molecule has 1 saturated carbocycles. The zero-order valence-electron chi connectivity index (χ0n) is 11.2. The first-order chi connectivity index (χ1) is 9.69. The highest BCUT2D eigenvalue weighted by Crippen LogP contribution is 2.21. The van der Waals surface area contributed by atoms with Gasteiger partial charge in [-0.05, 0) is 37.5 Å². The topological polar surface area (TPSA) is 60.2 Å². The number of aromatic nitrogens is 2. The van der Waals surface area contributed by atoms with Crippen LogP contribution < -0.4 is 10.1 Å². The van der Waals surface area contributed by atoms with Crippen molar-refractivity contribution in [1.82, 2.24) is 15.5 Å². The lowest BCUT2D eigenvalue weighted by molar-refractivity contribution is 0.241. The molecule has 0 aliphatic heterocycles. The monoisotopic (exact) mass is 277 g/mol. The molecular formula is C14H16FN3O2. The van der Waals surface area contributed by atoms with Gasteiger partial charge < -0.3 is 14.6 Å². The highest BCUT2D eigenvalue weighted by molar-refractivity contribution is 5.29. The largest absolute Gasteiger partial charge is 0.484 e. The summed E-state index contributed by atoms with van der Waals surface area (Å²) in [4.78, 5) is 4.03. The predicted molar refractivity (Wildman–Crippen MR) is 69.6 cm³/mol. The van der Waals surface area contributed by atoms with Crippen molar-refractivity contribution in [2.75, 3.05) is 0 Å². The van der Waals surface area contributed by atoms with E-state index in [9.17, 15) is 4.39 Å². The normalized spacial score (nSPS) is 14.5. The number of benzene rings is 1. The van der Waals surface area contributed by atoms with Crippen LogP contribution in [0, 0.1) is 12.7 Å². The van der Waals surface area contributed by atoms with E-state index < -0.39 is 0 Å². The Kier molecular flexibility index (Phi) is 3.64. The van der Waals surface area contributed by atoms with E-state index in [2.05, 4.69) is 15.5 Å². The number of aryl methyl sites for hydroxylation is 1. The van der Waals surface area contributed by atoms with Crippen molar-refractivity contribution < 1.29 is 13.7 Å². The van der Waals surface area contributed by atoms with Crippen LogP contribution in [0.15, 0.2) is 22.7 Å². The highest BCUT2D eigenvalue weighted by Gasteiger charge is 2.20. The van der Waals surface area contributed by atoms with Gasteiger partial charge in [-0.2, -0.15) is 4.98 Å². The van der Waals surface area contributed by atoms with E-state index in [0.29, 0.717) is 30.1 Å². The van der Waals surface area contributed by atoms with Gasteiger partial charge in [0.2, 0.25) is 0 Å². The van der Waals surface area contributed by atoms with Crippen molar-refractivity contribution in [3.05, 3.63) is 41.3 Å². The molecule has 0 saturated heterocycles. The third-order valence-electron chi connectivity index (χ3n) is 3.04. The molecule has 0 atom stereocenters. The number of halogens is 1. The van der Waals surface area contributed by atoms with Crippen molar-refractivity contribution in [1.29, 1.82) is 0 Å². The molecule has 1 aliphatic rings. The van der Waals surface area contributed by atoms with Crippen molar-refractivity contribution in [3.8, 4) is 5.75 Å². The fourth-order valence-corrected chi connectivity index (χ4v) is 1.90. The molecule has 1 aromatic heterocycles. The van der Waals surface area contributed by atoms with E-state index >= 15 is 0 Å². The zero-order valence-corrected chi connectivity index (χ0v) is 11.2. The maximum absolute atomic E-state index is 13.5. The van der Waals surface area contributed by atoms with Crippen LogP contribution in [0.4, 0.5) is 4.39 Å². The second-order valence-corrected chi connectivity index (χ2v) is 4.97. The SMILES string of the molecule is Cc1noc(COc2cc(F)cc(CNC3CC3)c2)n1. The Labute approximate surface area is 116 Å². The summed E-state index contributed by atoms with van der Waals surface area (Å²) >= 11 is 0. The van der Waals surface area contributed by atoms with Crippen LogP contribution in [0.3, 0.4) is 0 Å². The summed E-state index contributed by atoms with van der Waals surface area (Å²) in [5.41, 5.74) is 0.869. The first-order valence-corrected chi connectivity index (χ1v) is 6.64. The number of nitrogens with one attached hydrogen (secondary N) is 1. The molecule has 0 unspecified atom stereocenters. The fraction of sp³-hybridized carbons (Fsp3) is 0.429. The summed E-state index contributed by atoms with van der Waals surface area (Å²) in [5, 5.41) is 7.01. The molecule has 3 rings (SSSR count). The van der Waals surface area contributed by atoms with Gasteiger partial charge in [-0.25, -0.2) is 4.39 Å². The molecule has 5 nitrogen and oxygen atoms in total. The van der Waals surface area contributed by atoms with Crippen molar-refractivity contribution in [2.24, 2.45) is 0 Å². The number of hydrogen-bond acceptors (Lipinski definition) is 5. The predicted octanol–water partition coefficient (Wildman–Crippen LogP) is 2.35. The first-order valence-electron chi connectivity index (χ1n) is 6.64. The minimum Gasteiger partial charge on any atom is -0.484 e. The summed E-state index contributed by atoms with van der Waals surface area (Å²) in [5.74, 6) is 1.09. The van der Waals surface area contributed by atoms with Crippen molar-refractivity contribution >= 4 is 0 Å². The van der Waals surface area contributed by atoms with E-state index in [1.165, 1.54) is 25.0 Å². The van der Waals surface area contributed by atoms with Gasteiger partial charge in [-0.1, -0.05) is 5.16 Å². The van der Waals surface area contributed by atoms with Gasteiger partial charge in [-0.3, -0.25) is 0 Å². The van der Waals surface area contributed by atoms with E-state index in [1.54, 1.807) is 6.92 Å². The van der Waals surface area contributed by atoms with Gasteiger partial charge in [0.05, 0.1) is 0 Å². The lowest BCUT2D eigenvalue weighted by Crippen LogP contribution is -2.15. The Balaban J connectivity index is 1.62. The third-order valence-corrected chi connectivity index (χ3v) is 3.04. The Morgan fingerprint density at radius 3 is 2.95 bits per heavy atom. The molecule has 0 radical (unpaired) electrons. The molecule has 20 heavy (non-hydrogen) atoms. The molecule has 1 heterocycles. The second kappa shape index (κ2) is 5.58. The molecule has 1 aromatic carbocycles. The van der Waals surface area contributed by atoms with Crippen LogP contribution >= 0.6 is 0 Å². The second-order valence-electron chi connectivity index (χ2n) is 4.97. The highest BCUT2D eigenvalue weighted by atomic mass is 19.1. The summed E-state index contributed by atoms with van der Waals surface area (Å²) in [6, 6.07) is 5.27. The summed E-state index contributed by atoms with van der Waals surface area (Å²) < 4.78 is 24.0. The van der Waals surface area contributed by atoms with Crippen molar-refractivity contribution in [2.45, 2.75) is 39.0 Å². The van der Waals surface area contributed by atoms with Gasteiger partial charge >= 0.3 is 0 Å². The average molecular weight is 277 g/mol. The molecule has 1 aliphatic carbocycles. The number of nitrogens with zero attached hydrogens (tertiary/aromatic N) is 2. The standard InChI is InChI=1S/C14H16FN3O2/c1-9-17-14(20-18-9)8-19-13-5-10(4-11(15)6-13)7-16-12-2-3-12/h4-6,12,16H,2-3,7-8H2,1H3. The van der Waals surface area contributed by atoms with Crippen LogP contribution in [-0.4, -0.2) is 16.2 Å². The van der Waals surface area contributed by atoms with Gasteiger partial charge in [-0.15, -0.1) is 0 Å². The maximum atomic E-state index is 13.5. The minimum atomic E-state index is -0.309. The van der Waals surface area contributed by atoms with Gasteiger partial charge in [0.25, 0.3) is 5.89 Å². The van der Waals surface area contributed by atoms with Gasteiger partial charge in [0, 0.05) is 18.7 Å². The summed E-state index contributed by atoms with van der Waals surface area (Å²) in [7, 11) is 0. The lowest BCUT2D eigenvalue weighted by Gasteiger charge is -2.08. The van der Waals surface area contributed by atoms with Crippen LogP contribution in [0.5, 0.6) is 5.75 Å². The van der Waals surface area contributed by atoms with Crippen LogP contribution in [-0.2, 0) is 13.2 Å².